The van der Waals surface area contributed by atoms with Gasteiger partial charge in [0.05, 0.1) is 6.54 Å². The number of nitrogens with one attached hydrogen (secondary N) is 1. The lowest BCUT2D eigenvalue weighted by Crippen LogP contribution is -2.37. The van der Waals surface area contributed by atoms with Crippen molar-refractivity contribution >= 4 is 29.1 Å². The smallest absolute Gasteiger partial charge is 0.244 e. The highest BCUT2D eigenvalue weighted by Gasteiger charge is 2.14. The summed E-state index contributed by atoms with van der Waals surface area (Å²) in [5.41, 5.74) is 2.83. The molecule has 0 aromatic heterocycles. The van der Waals surface area contributed by atoms with Crippen LogP contribution in [0.25, 0.3) is 0 Å². The Hall–Kier alpha value is -2.33. The zero-order valence-electron chi connectivity index (χ0n) is 14.6. The molecule has 5 heteroatoms. The molecular formula is C20H23ClN2O2. The van der Waals surface area contributed by atoms with Crippen LogP contribution in [0.3, 0.4) is 0 Å². The van der Waals surface area contributed by atoms with Crippen LogP contribution in [0, 0.1) is 6.92 Å². The van der Waals surface area contributed by atoms with E-state index in [1.165, 1.54) is 12.5 Å². The van der Waals surface area contributed by atoms with Crippen molar-refractivity contribution in [3.8, 4) is 0 Å². The Morgan fingerprint density at radius 3 is 2.48 bits per heavy atom. The molecule has 2 aromatic carbocycles. The van der Waals surface area contributed by atoms with Crippen LogP contribution < -0.4 is 5.32 Å². The van der Waals surface area contributed by atoms with Gasteiger partial charge in [-0.15, -0.1) is 0 Å². The lowest BCUT2D eigenvalue weighted by atomic mass is 10.1. The summed E-state index contributed by atoms with van der Waals surface area (Å²) in [4.78, 5) is 25.6. The van der Waals surface area contributed by atoms with E-state index in [-0.39, 0.29) is 18.4 Å². The molecule has 0 bridgehead atoms. The number of nitrogens with zero attached hydrogens (tertiary/aromatic N) is 1. The van der Waals surface area contributed by atoms with E-state index in [4.69, 9.17) is 11.6 Å². The first kappa shape index (κ1) is 19.0. The average Bonchev–Trinajstić information content (AvgIpc) is 2.57. The number of halogens is 1. The highest BCUT2D eigenvalue weighted by Crippen LogP contribution is 2.19. The quantitative estimate of drug-likeness (QED) is 0.811. The summed E-state index contributed by atoms with van der Waals surface area (Å²) < 4.78 is 0. The SMILES string of the molecule is CC(=O)N(CCCc1ccccc1)CC(=O)Nc1ccc(Cl)cc1C. The second-order valence-corrected chi connectivity index (χ2v) is 6.47. The highest BCUT2D eigenvalue weighted by atomic mass is 35.5. The van der Waals surface area contributed by atoms with Crippen LogP contribution in [0.1, 0.15) is 24.5 Å². The Balaban J connectivity index is 1.87. The lowest BCUT2D eigenvalue weighted by molar-refractivity contribution is -0.132. The number of amides is 2. The van der Waals surface area contributed by atoms with Crippen molar-refractivity contribution in [1.29, 1.82) is 0 Å². The minimum atomic E-state index is -0.208. The molecule has 4 nitrogen and oxygen atoms in total. The van der Waals surface area contributed by atoms with Crippen LogP contribution in [-0.2, 0) is 16.0 Å². The van der Waals surface area contributed by atoms with Crippen LogP contribution in [0.15, 0.2) is 48.5 Å². The first-order valence-electron chi connectivity index (χ1n) is 8.31. The van der Waals surface area contributed by atoms with Gasteiger partial charge in [0.25, 0.3) is 0 Å². The van der Waals surface area contributed by atoms with Gasteiger partial charge in [-0.05, 0) is 49.1 Å². The number of aryl methyl sites for hydroxylation is 2. The minimum Gasteiger partial charge on any atom is -0.334 e. The van der Waals surface area contributed by atoms with Crippen LogP contribution >= 0.6 is 11.6 Å². The number of benzene rings is 2. The molecule has 2 rings (SSSR count). The molecule has 0 unspecified atom stereocenters. The standard InChI is InChI=1S/C20H23ClN2O2/c1-15-13-18(21)10-11-19(15)22-20(25)14-23(16(2)24)12-6-9-17-7-4-3-5-8-17/h3-5,7-8,10-11,13H,6,9,12,14H2,1-2H3,(H,22,25). The summed E-state index contributed by atoms with van der Waals surface area (Å²) in [6.45, 7) is 3.97. The van der Waals surface area contributed by atoms with E-state index in [0.29, 0.717) is 17.3 Å². The number of hydrogen-bond donors (Lipinski definition) is 1. The van der Waals surface area contributed by atoms with Gasteiger partial charge in [-0.2, -0.15) is 0 Å². The maximum Gasteiger partial charge on any atom is 0.244 e. The van der Waals surface area contributed by atoms with E-state index in [1.54, 1.807) is 23.1 Å². The predicted octanol–water partition coefficient (Wildman–Crippen LogP) is 4.07. The van der Waals surface area contributed by atoms with Gasteiger partial charge in [-0.1, -0.05) is 41.9 Å². The molecule has 0 fully saturated rings. The van der Waals surface area contributed by atoms with Gasteiger partial charge >= 0.3 is 0 Å². The molecular weight excluding hydrogens is 336 g/mol. The molecule has 0 heterocycles. The second kappa shape index (κ2) is 9.23. The monoisotopic (exact) mass is 358 g/mol. The fourth-order valence-corrected chi connectivity index (χ4v) is 2.82. The topological polar surface area (TPSA) is 49.4 Å². The van der Waals surface area contributed by atoms with Crippen molar-refractivity contribution in [2.75, 3.05) is 18.4 Å². The summed E-state index contributed by atoms with van der Waals surface area (Å²) in [6, 6.07) is 15.4. The third-order valence-corrected chi connectivity index (χ3v) is 4.21. The third kappa shape index (κ3) is 6.24. The lowest BCUT2D eigenvalue weighted by Gasteiger charge is -2.21. The second-order valence-electron chi connectivity index (χ2n) is 6.04. The van der Waals surface area contributed by atoms with Crippen molar-refractivity contribution in [1.82, 2.24) is 4.90 Å². The van der Waals surface area contributed by atoms with Gasteiger partial charge in [-0.3, -0.25) is 9.59 Å². The zero-order chi connectivity index (χ0) is 18.2. The first-order valence-corrected chi connectivity index (χ1v) is 8.69. The van der Waals surface area contributed by atoms with E-state index in [1.807, 2.05) is 25.1 Å². The molecule has 0 saturated carbocycles. The molecule has 2 aromatic rings. The number of carbonyl (C=O) groups is 2. The molecule has 0 atom stereocenters. The summed E-state index contributed by atoms with van der Waals surface area (Å²) in [5, 5.41) is 3.47. The van der Waals surface area contributed by atoms with Gasteiger partial charge in [0.1, 0.15) is 0 Å². The number of hydrogen-bond acceptors (Lipinski definition) is 2. The highest BCUT2D eigenvalue weighted by molar-refractivity contribution is 6.30. The zero-order valence-corrected chi connectivity index (χ0v) is 15.3. The first-order chi connectivity index (χ1) is 12.0. The van der Waals surface area contributed by atoms with E-state index in [9.17, 15) is 9.59 Å². The molecule has 132 valence electrons. The fourth-order valence-electron chi connectivity index (χ4n) is 2.60. The van der Waals surface area contributed by atoms with Crippen molar-refractivity contribution in [2.45, 2.75) is 26.7 Å². The van der Waals surface area contributed by atoms with Crippen molar-refractivity contribution < 1.29 is 9.59 Å². The molecule has 0 radical (unpaired) electrons. The molecule has 0 aliphatic carbocycles. The van der Waals surface area contributed by atoms with Crippen LogP contribution in [-0.4, -0.2) is 29.8 Å². The minimum absolute atomic E-state index is 0.0478. The van der Waals surface area contributed by atoms with E-state index < -0.39 is 0 Å². The van der Waals surface area contributed by atoms with E-state index in [0.717, 1.165) is 18.4 Å². The maximum atomic E-state index is 12.3. The van der Waals surface area contributed by atoms with Crippen LogP contribution in [0.2, 0.25) is 5.02 Å². The van der Waals surface area contributed by atoms with Crippen LogP contribution in [0.4, 0.5) is 5.69 Å². The van der Waals surface area contributed by atoms with Crippen molar-refractivity contribution in [3.05, 3.63) is 64.7 Å². The Morgan fingerprint density at radius 1 is 1.12 bits per heavy atom. The molecule has 0 spiro atoms. The Labute approximate surface area is 153 Å². The summed E-state index contributed by atoms with van der Waals surface area (Å²) >= 11 is 5.92. The fraction of sp³-hybridized carbons (Fsp3) is 0.300. The van der Waals surface area contributed by atoms with Gasteiger partial charge in [0, 0.05) is 24.2 Å². The van der Waals surface area contributed by atoms with E-state index >= 15 is 0 Å². The van der Waals surface area contributed by atoms with Gasteiger partial charge in [0.15, 0.2) is 0 Å². The normalized spacial score (nSPS) is 10.4. The molecule has 0 aliphatic heterocycles. The Morgan fingerprint density at radius 2 is 1.84 bits per heavy atom. The molecule has 2 amide bonds. The molecule has 0 saturated heterocycles. The van der Waals surface area contributed by atoms with E-state index in [2.05, 4.69) is 17.4 Å². The van der Waals surface area contributed by atoms with Crippen molar-refractivity contribution in [3.63, 3.8) is 0 Å². The summed E-state index contributed by atoms with van der Waals surface area (Å²) in [6.07, 6.45) is 1.69. The molecule has 1 N–H and O–H groups in total. The Kier molecular flexibility index (Phi) is 7.02. The maximum absolute atomic E-state index is 12.3. The van der Waals surface area contributed by atoms with Crippen molar-refractivity contribution in [2.24, 2.45) is 0 Å². The van der Waals surface area contributed by atoms with Gasteiger partial charge in [-0.25, -0.2) is 0 Å². The predicted molar refractivity (Wildman–Crippen MR) is 102 cm³/mol. The Bertz CT molecular complexity index is 732. The largest absolute Gasteiger partial charge is 0.334 e. The molecule has 25 heavy (non-hydrogen) atoms. The number of anilines is 1. The average molecular weight is 359 g/mol. The van der Waals surface area contributed by atoms with Crippen LogP contribution in [0.5, 0.6) is 0 Å². The van der Waals surface area contributed by atoms with Gasteiger partial charge < -0.3 is 10.2 Å². The third-order valence-electron chi connectivity index (χ3n) is 3.98. The molecule has 0 aliphatic rings. The number of rotatable bonds is 7. The summed E-state index contributed by atoms with van der Waals surface area (Å²) in [7, 11) is 0. The number of carbonyl (C=O) groups excluding carboxylic acids is 2. The summed E-state index contributed by atoms with van der Waals surface area (Å²) in [5.74, 6) is -0.309. The van der Waals surface area contributed by atoms with Gasteiger partial charge in [0.2, 0.25) is 11.8 Å².